The van der Waals surface area contributed by atoms with Crippen LogP contribution in [0.15, 0.2) is 0 Å². The molecule has 0 aliphatic rings. The summed E-state index contributed by atoms with van der Waals surface area (Å²) in [6.07, 6.45) is 0. The Morgan fingerprint density at radius 3 is 2.43 bits per heavy atom. The van der Waals surface area contributed by atoms with E-state index in [1.165, 1.54) is 5.49 Å². The first-order chi connectivity index (χ1) is 3.31. The van der Waals surface area contributed by atoms with E-state index in [9.17, 15) is 0 Å². The molecular weight excluding hydrogens is 128 g/mol. The summed E-state index contributed by atoms with van der Waals surface area (Å²) in [6, 6.07) is 0. The van der Waals surface area contributed by atoms with E-state index in [-0.39, 0.29) is 0 Å². The summed E-state index contributed by atoms with van der Waals surface area (Å²) in [5, 5.41) is 5.84. The Morgan fingerprint density at radius 2 is 2.29 bits per heavy atom. The molecule has 40 valence electrons. The first-order valence-electron chi connectivity index (χ1n) is 1.73. The summed E-state index contributed by atoms with van der Waals surface area (Å²) < 4.78 is 0. The Morgan fingerprint density at radius 1 is 1.71 bits per heavy atom. The minimum atomic E-state index is 0.551. The molecule has 0 aliphatic heterocycles. The Bertz CT molecular complexity index is 81.0. The van der Waals surface area contributed by atoms with E-state index in [0.717, 1.165) is 0 Å². The highest BCUT2D eigenvalue weighted by Gasteiger charge is 1.78. The number of hydrogen-bond donors (Lipinski definition) is 2. The molecule has 0 bridgehead atoms. The van der Waals surface area contributed by atoms with E-state index >= 15 is 0 Å². The second-order valence-electron chi connectivity index (χ2n) is 0.841. The predicted molar refractivity (Wildman–Crippen MR) is 38.4 cm³/mol. The summed E-state index contributed by atoms with van der Waals surface area (Å²) in [6.45, 7) is 0. The van der Waals surface area contributed by atoms with Crippen LogP contribution in [0.1, 0.15) is 0 Å². The molecular formula is C3H6N2S2. The average molecular weight is 134 g/mol. The highest BCUT2D eigenvalue weighted by atomic mass is 32.1. The van der Waals surface area contributed by atoms with Gasteiger partial charge in [0.05, 0.1) is 5.49 Å². The van der Waals surface area contributed by atoms with Crippen molar-refractivity contribution >= 4 is 35.0 Å². The van der Waals surface area contributed by atoms with Gasteiger partial charge in [0.15, 0.2) is 5.11 Å². The number of hydrogen-bond acceptors (Lipinski definition) is 2. The maximum Gasteiger partial charge on any atom is 0.170 e. The zero-order chi connectivity index (χ0) is 5.70. The molecule has 2 N–H and O–H groups in total. The molecule has 0 rings (SSSR count). The van der Waals surface area contributed by atoms with Gasteiger partial charge in [-0.3, -0.25) is 0 Å². The summed E-state index contributed by atoms with van der Waals surface area (Å²) in [7, 11) is 1.73. The molecule has 2 nitrogen and oxygen atoms in total. The van der Waals surface area contributed by atoms with E-state index in [2.05, 4.69) is 35.1 Å². The monoisotopic (exact) mass is 134 g/mol. The average Bonchev–Trinajstić information content (AvgIpc) is 1.68. The minimum absolute atomic E-state index is 0.551. The molecule has 0 spiro atoms. The van der Waals surface area contributed by atoms with Crippen LogP contribution in [-0.2, 0) is 0 Å². The van der Waals surface area contributed by atoms with Crippen molar-refractivity contribution in [2.45, 2.75) is 0 Å². The van der Waals surface area contributed by atoms with E-state index < -0.39 is 0 Å². The SMILES string of the molecule is CNC(=S)NC=S. The summed E-state index contributed by atoms with van der Waals surface area (Å²) in [5.41, 5.74) is 1.36. The lowest BCUT2D eigenvalue weighted by Gasteiger charge is -1.96. The van der Waals surface area contributed by atoms with E-state index in [0.29, 0.717) is 5.11 Å². The Kier molecular flexibility index (Phi) is 3.83. The van der Waals surface area contributed by atoms with E-state index in [1.54, 1.807) is 7.05 Å². The van der Waals surface area contributed by atoms with Crippen molar-refractivity contribution in [2.24, 2.45) is 0 Å². The van der Waals surface area contributed by atoms with Gasteiger partial charge in [0.25, 0.3) is 0 Å². The molecule has 0 fully saturated rings. The van der Waals surface area contributed by atoms with Crippen molar-refractivity contribution < 1.29 is 0 Å². The topological polar surface area (TPSA) is 24.1 Å². The van der Waals surface area contributed by atoms with Crippen molar-refractivity contribution in [1.82, 2.24) is 10.6 Å². The molecule has 4 heteroatoms. The maximum absolute atomic E-state index is 4.63. The van der Waals surface area contributed by atoms with Crippen LogP contribution in [0.4, 0.5) is 0 Å². The molecule has 7 heavy (non-hydrogen) atoms. The predicted octanol–water partition coefficient (Wildman–Crippen LogP) is 0.0375. The first kappa shape index (κ1) is 6.78. The molecule has 0 aromatic carbocycles. The van der Waals surface area contributed by atoms with Crippen LogP contribution in [0.3, 0.4) is 0 Å². The molecule has 0 aliphatic carbocycles. The van der Waals surface area contributed by atoms with Crippen LogP contribution < -0.4 is 10.6 Å². The van der Waals surface area contributed by atoms with Crippen molar-refractivity contribution in [1.29, 1.82) is 0 Å². The maximum atomic E-state index is 4.63. The molecule has 0 saturated carbocycles. The largest absolute Gasteiger partial charge is 0.366 e. The molecule has 0 heterocycles. The number of rotatable bonds is 1. The third-order valence-corrected chi connectivity index (χ3v) is 0.857. The molecule has 0 saturated heterocycles. The quantitative estimate of drug-likeness (QED) is 0.494. The van der Waals surface area contributed by atoms with Gasteiger partial charge in [0, 0.05) is 7.05 Å². The number of thiocarbonyl (C=S) groups is 2. The van der Waals surface area contributed by atoms with Gasteiger partial charge >= 0.3 is 0 Å². The molecule has 0 aromatic rings. The van der Waals surface area contributed by atoms with Crippen LogP contribution in [-0.4, -0.2) is 17.7 Å². The van der Waals surface area contributed by atoms with Gasteiger partial charge < -0.3 is 10.6 Å². The summed E-state index contributed by atoms with van der Waals surface area (Å²) in [5.74, 6) is 0. The van der Waals surface area contributed by atoms with Crippen molar-refractivity contribution in [2.75, 3.05) is 7.05 Å². The van der Waals surface area contributed by atoms with Crippen LogP contribution in [0.2, 0.25) is 0 Å². The zero-order valence-electron chi connectivity index (χ0n) is 3.89. The fourth-order valence-electron chi connectivity index (χ4n) is 0.126. The van der Waals surface area contributed by atoms with Crippen LogP contribution in [0, 0.1) is 0 Å². The number of nitrogens with one attached hydrogen (secondary N) is 2. The zero-order valence-corrected chi connectivity index (χ0v) is 5.53. The van der Waals surface area contributed by atoms with Gasteiger partial charge in [-0.25, -0.2) is 0 Å². The van der Waals surface area contributed by atoms with Gasteiger partial charge in [0.1, 0.15) is 0 Å². The highest BCUT2D eigenvalue weighted by molar-refractivity contribution is 7.81. The van der Waals surface area contributed by atoms with Crippen molar-refractivity contribution in [3.05, 3.63) is 0 Å². The lowest BCUT2D eigenvalue weighted by Crippen LogP contribution is -2.30. The van der Waals surface area contributed by atoms with Crippen molar-refractivity contribution in [3.63, 3.8) is 0 Å². The Balaban J connectivity index is 3.17. The Labute approximate surface area is 53.3 Å². The fourth-order valence-corrected chi connectivity index (χ4v) is 0.377. The van der Waals surface area contributed by atoms with Crippen LogP contribution >= 0.6 is 24.4 Å². The smallest absolute Gasteiger partial charge is 0.170 e. The van der Waals surface area contributed by atoms with Gasteiger partial charge in [-0.2, -0.15) is 0 Å². The lowest BCUT2D eigenvalue weighted by atomic mass is 11.0. The van der Waals surface area contributed by atoms with E-state index in [1.807, 2.05) is 0 Å². The van der Waals surface area contributed by atoms with Gasteiger partial charge in [-0.05, 0) is 12.2 Å². The second-order valence-corrected chi connectivity index (χ2v) is 1.49. The van der Waals surface area contributed by atoms with E-state index in [4.69, 9.17) is 0 Å². The van der Waals surface area contributed by atoms with Crippen LogP contribution in [0.5, 0.6) is 0 Å². The summed E-state index contributed by atoms with van der Waals surface area (Å²) >= 11 is 9.07. The fraction of sp³-hybridized carbons (Fsp3) is 0.333. The molecule has 0 aromatic heterocycles. The molecule has 0 unspecified atom stereocenters. The van der Waals surface area contributed by atoms with Crippen LogP contribution in [0.25, 0.3) is 0 Å². The second kappa shape index (κ2) is 3.95. The lowest BCUT2D eigenvalue weighted by molar-refractivity contribution is 1.15. The highest BCUT2D eigenvalue weighted by Crippen LogP contribution is 1.55. The van der Waals surface area contributed by atoms with Gasteiger partial charge in [0.2, 0.25) is 0 Å². The third-order valence-electron chi connectivity index (χ3n) is 0.417. The van der Waals surface area contributed by atoms with Gasteiger partial charge in [-0.15, -0.1) is 0 Å². The third kappa shape index (κ3) is 3.61. The molecule has 0 atom stereocenters. The standard InChI is InChI=1S/C3H6N2S2/c1-4-3(7)5-2-6/h2H,1H3,(H2,4,5,6,7). The Hall–Kier alpha value is -0.220. The molecule has 0 amide bonds. The molecule has 0 radical (unpaired) electrons. The first-order valence-corrected chi connectivity index (χ1v) is 2.61. The minimum Gasteiger partial charge on any atom is -0.366 e. The van der Waals surface area contributed by atoms with Crippen molar-refractivity contribution in [3.8, 4) is 0 Å². The summed E-state index contributed by atoms with van der Waals surface area (Å²) in [4.78, 5) is 0. The van der Waals surface area contributed by atoms with Gasteiger partial charge in [-0.1, -0.05) is 12.2 Å². The normalized spacial score (nSPS) is 7.00.